The van der Waals surface area contributed by atoms with Crippen LogP contribution >= 0.6 is 0 Å². The van der Waals surface area contributed by atoms with Crippen LogP contribution in [0.2, 0.25) is 0 Å². The fourth-order valence-electron chi connectivity index (χ4n) is 3.26. The Morgan fingerprint density at radius 3 is 2.70 bits per heavy atom. The second kappa shape index (κ2) is 4.62. The summed E-state index contributed by atoms with van der Waals surface area (Å²) in [5.41, 5.74) is 2.41. The zero-order chi connectivity index (χ0) is 14.3. The quantitative estimate of drug-likeness (QED) is 0.838. The van der Waals surface area contributed by atoms with E-state index in [-0.39, 0.29) is 17.2 Å². The number of Topliss-reactive ketones (excluding diaryl/α,β-unsaturated/α-hetero) is 1. The predicted octanol–water partition coefficient (Wildman–Crippen LogP) is 3.43. The molecule has 1 aliphatic heterocycles. The number of carbonyl (C=O) groups is 2. The van der Waals surface area contributed by atoms with Crippen molar-refractivity contribution in [1.29, 1.82) is 0 Å². The minimum Gasteiger partial charge on any atom is -0.323 e. The van der Waals surface area contributed by atoms with Crippen molar-refractivity contribution in [3.05, 3.63) is 29.3 Å². The third kappa shape index (κ3) is 2.09. The Balaban J connectivity index is 1.91. The average Bonchev–Trinajstić information content (AvgIpc) is 2.87. The number of hydrogen-bond acceptors (Lipinski definition) is 2. The topological polar surface area (TPSA) is 49.4 Å². The van der Waals surface area contributed by atoms with E-state index in [0.29, 0.717) is 6.54 Å². The van der Waals surface area contributed by atoms with E-state index in [2.05, 4.69) is 12.2 Å². The van der Waals surface area contributed by atoms with Crippen LogP contribution in [0.1, 0.15) is 48.5 Å². The Hall–Kier alpha value is -1.84. The van der Waals surface area contributed by atoms with Crippen LogP contribution in [0, 0.1) is 5.41 Å². The van der Waals surface area contributed by atoms with Crippen molar-refractivity contribution in [2.45, 2.75) is 39.2 Å². The molecule has 1 aromatic rings. The van der Waals surface area contributed by atoms with Crippen molar-refractivity contribution in [2.75, 3.05) is 12.4 Å². The van der Waals surface area contributed by atoms with Crippen molar-refractivity contribution >= 4 is 17.5 Å². The molecule has 0 unspecified atom stereocenters. The van der Waals surface area contributed by atoms with E-state index in [9.17, 15) is 9.59 Å². The van der Waals surface area contributed by atoms with Crippen molar-refractivity contribution in [2.24, 2.45) is 5.41 Å². The van der Waals surface area contributed by atoms with Crippen molar-refractivity contribution in [3.8, 4) is 0 Å². The number of fused-ring (bicyclic) bond motifs is 1. The summed E-state index contributed by atoms with van der Waals surface area (Å²) in [6.45, 7) is 2.63. The van der Waals surface area contributed by atoms with Crippen LogP contribution in [0.5, 0.6) is 0 Å². The molecule has 1 fully saturated rings. The highest BCUT2D eigenvalue weighted by Crippen LogP contribution is 2.40. The van der Waals surface area contributed by atoms with Gasteiger partial charge in [0.1, 0.15) is 0 Å². The fraction of sp³-hybridized carbons (Fsp3) is 0.500. The molecule has 0 bridgehead atoms. The Morgan fingerprint density at radius 1 is 1.30 bits per heavy atom. The van der Waals surface area contributed by atoms with Crippen LogP contribution < -0.4 is 5.32 Å². The van der Waals surface area contributed by atoms with Gasteiger partial charge < -0.3 is 10.2 Å². The van der Waals surface area contributed by atoms with E-state index in [1.807, 2.05) is 18.2 Å². The van der Waals surface area contributed by atoms with Crippen LogP contribution in [0.25, 0.3) is 0 Å². The molecule has 1 heterocycles. The molecule has 0 saturated heterocycles. The minimum atomic E-state index is -0.196. The first-order valence-corrected chi connectivity index (χ1v) is 7.19. The standard InChI is InChI=1S/C16H20N2O2/c1-16(7-3-4-8-16)14(19)11-5-6-13-12(9-11)10-18(2)15(20)17-13/h5-6,9H,3-4,7-8,10H2,1-2H3,(H,17,20). The summed E-state index contributed by atoms with van der Waals surface area (Å²) in [7, 11) is 1.76. The number of amides is 2. The second-order valence-corrected chi connectivity index (χ2v) is 6.26. The Kier molecular flexibility index (Phi) is 3.04. The summed E-state index contributed by atoms with van der Waals surface area (Å²) in [5, 5.41) is 2.83. The summed E-state index contributed by atoms with van der Waals surface area (Å²) in [6.07, 6.45) is 4.26. The highest BCUT2D eigenvalue weighted by molar-refractivity contribution is 6.01. The van der Waals surface area contributed by atoms with Crippen molar-refractivity contribution < 1.29 is 9.59 Å². The highest BCUT2D eigenvalue weighted by Gasteiger charge is 2.37. The van der Waals surface area contributed by atoms with Gasteiger partial charge in [-0.1, -0.05) is 19.8 Å². The molecule has 1 aliphatic carbocycles. The smallest absolute Gasteiger partial charge is 0.321 e. The predicted molar refractivity (Wildman–Crippen MR) is 77.8 cm³/mol. The number of hydrogen-bond donors (Lipinski definition) is 1. The maximum atomic E-state index is 12.7. The number of anilines is 1. The van der Waals surface area contributed by atoms with Gasteiger partial charge in [0.15, 0.2) is 5.78 Å². The molecule has 1 saturated carbocycles. The molecule has 3 rings (SSSR count). The van der Waals surface area contributed by atoms with Crippen molar-refractivity contribution in [1.82, 2.24) is 4.90 Å². The Morgan fingerprint density at radius 2 is 2.00 bits per heavy atom. The molecule has 106 valence electrons. The van der Waals surface area contributed by atoms with Crippen LogP contribution in [-0.4, -0.2) is 23.8 Å². The molecule has 0 spiro atoms. The summed E-state index contributed by atoms with van der Waals surface area (Å²) in [5.74, 6) is 0.248. The van der Waals surface area contributed by atoms with Gasteiger partial charge in [-0.15, -0.1) is 0 Å². The molecular formula is C16H20N2O2. The maximum Gasteiger partial charge on any atom is 0.321 e. The largest absolute Gasteiger partial charge is 0.323 e. The Labute approximate surface area is 119 Å². The molecule has 0 radical (unpaired) electrons. The van der Waals surface area contributed by atoms with Gasteiger partial charge in [0.2, 0.25) is 0 Å². The second-order valence-electron chi connectivity index (χ2n) is 6.26. The number of nitrogens with one attached hydrogen (secondary N) is 1. The van der Waals surface area contributed by atoms with Crippen LogP contribution in [-0.2, 0) is 6.54 Å². The molecule has 2 amide bonds. The van der Waals surface area contributed by atoms with E-state index in [1.165, 1.54) is 0 Å². The normalized spacial score (nSPS) is 20.5. The third-order valence-electron chi connectivity index (χ3n) is 4.62. The van der Waals surface area contributed by atoms with E-state index in [4.69, 9.17) is 0 Å². The van der Waals surface area contributed by atoms with E-state index >= 15 is 0 Å². The van der Waals surface area contributed by atoms with Gasteiger partial charge >= 0.3 is 6.03 Å². The number of nitrogens with zero attached hydrogens (tertiary/aromatic N) is 1. The molecule has 1 aromatic carbocycles. The highest BCUT2D eigenvalue weighted by atomic mass is 16.2. The molecule has 0 atom stereocenters. The van der Waals surface area contributed by atoms with Gasteiger partial charge in [0.05, 0.1) is 0 Å². The number of urea groups is 1. The van der Waals surface area contributed by atoms with Crippen molar-refractivity contribution in [3.63, 3.8) is 0 Å². The lowest BCUT2D eigenvalue weighted by Gasteiger charge is -2.27. The number of ketones is 1. The van der Waals surface area contributed by atoms with Gasteiger partial charge in [-0.2, -0.15) is 0 Å². The van der Waals surface area contributed by atoms with Gasteiger partial charge in [0.25, 0.3) is 0 Å². The average molecular weight is 272 g/mol. The van der Waals surface area contributed by atoms with E-state index < -0.39 is 0 Å². The first-order chi connectivity index (χ1) is 9.49. The summed E-state index contributed by atoms with van der Waals surface area (Å²) in [4.78, 5) is 25.9. The molecular weight excluding hydrogens is 252 g/mol. The SMILES string of the molecule is CN1Cc2cc(C(=O)C3(C)CCCC3)ccc2NC1=O. The zero-order valence-corrected chi connectivity index (χ0v) is 12.0. The molecule has 4 nitrogen and oxygen atoms in total. The van der Waals surface area contributed by atoms with Gasteiger partial charge in [-0.25, -0.2) is 4.79 Å². The Bertz CT molecular complexity index is 574. The first kappa shape index (κ1) is 13.2. The summed E-state index contributed by atoms with van der Waals surface area (Å²) < 4.78 is 0. The van der Waals surface area contributed by atoms with Gasteiger partial charge in [-0.05, 0) is 36.6 Å². The third-order valence-corrected chi connectivity index (χ3v) is 4.62. The number of carbonyl (C=O) groups excluding carboxylic acids is 2. The van der Waals surface area contributed by atoms with Gasteiger partial charge in [-0.3, -0.25) is 4.79 Å². The lowest BCUT2D eigenvalue weighted by molar-refractivity contribution is 0.0823. The van der Waals surface area contributed by atoms with E-state index in [0.717, 1.165) is 42.5 Å². The van der Waals surface area contributed by atoms with Crippen LogP contribution in [0.15, 0.2) is 18.2 Å². The first-order valence-electron chi connectivity index (χ1n) is 7.19. The van der Waals surface area contributed by atoms with Gasteiger partial charge in [0, 0.05) is 30.3 Å². The maximum absolute atomic E-state index is 12.7. The summed E-state index contributed by atoms with van der Waals surface area (Å²) in [6, 6.07) is 5.54. The fourth-order valence-corrected chi connectivity index (χ4v) is 3.26. The van der Waals surface area contributed by atoms with E-state index in [1.54, 1.807) is 11.9 Å². The molecule has 2 aliphatic rings. The lowest BCUT2D eigenvalue weighted by Crippen LogP contribution is -2.35. The molecule has 20 heavy (non-hydrogen) atoms. The number of rotatable bonds is 2. The van der Waals surface area contributed by atoms with Crippen LogP contribution in [0.4, 0.5) is 10.5 Å². The van der Waals surface area contributed by atoms with Crippen LogP contribution in [0.3, 0.4) is 0 Å². The lowest BCUT2D eigenvalue weighted by atomic mass is 9.80. The summed E-state index contributed by atoms with van der Waals surface area (Å²) >= 11 is 0. The number of benzene rings is 1. The molecule has 4 heteroatoms. The monoisotopic (exact) mass is 272 g/mol. The molecule has 1 N–H and O–H groups in total. The zero-order valence-electron chi connectivity index (χ0n) is 12.0. The minimum absolute atomic E-state index is 0.0978. The molecule has 0 aromatic heterocycles.